The smallest absolute Gasteiger partial charge is 0.293 e. The molecule has 1 amide bonds. The lowest BCUT2D eigenvalue weighted by atomic mass is 10.1. The second-order valence-corrected chi connectivity index (χ2v) is 3.43. The van der Waals surface area contributed by atoms with E-state index < -0.39 is 4.92 Å². The molecule has 0 saturated carbocycles. The van der Waals surface area contributed by atoms with Crippen molar-refractivity contribution in [3.8, 4) is 0 Å². The van der Waals surface area contributed by atoms with Gasteiger partial charge >= 0.3 is 0 Å². The normalized spacial score (nSPS) is 9.69. The van der Waals surface area contributed by atoms with Gasteiger partial charge < -0.3 is 10.2 Å². The van der Waals surface area contributed by atoms with Crippen LogP contribution < -0.4 is 10.2 Å². The number of rotatable bonds is 3. The quantitative estimate of drug-likeness (QED) is 0.613. The van der Waals surface area contributed by atoms with Crippen LogP contribution in [0.2, 0.25) is 0 Å². The predicted octanol–water partition coefficient (Wildman–Crippen LogP) is 1.02. The summed E-state index contributed by atoms with van der Waals surface area (Å²) in [6.45, 7) is 0. The van der Waals surface area contributed by atoms with E-state index >= 15 is 0 Å². The Hall–Kier alpha value is -2.11. The fourth-order valence-electron chi connectivity index (χ4n) is 1.33. The van der Waals surface area contributed by atoms with E-state index in [-0.39, 0.29) is 17.2 Å². The molecule has 1 aromatic carbocycles. The highest BCUT2D eigenvalue weighted by Gasteiger charge is 2.18. The van der Waals surface area contributed by atoms with Gasteiger partial charge in [0.25, 0.3) is 11.6 Å². The second-order valence-electron chi connectivity index (χ2n) is 3.43. The number of hydrogen-bond donors (Lipinski definition) is 1. The minimum atomic E-state index is -0.498. The zero-order valence-corrected chi connectivity index (χ0v) is 9.35. The van der Waals surface area contributed by atoms with Gasteiger partial charge in [0.15, 0.2) is 0 Å². The molecule has 0 heterocycles. The largest absolute Gasteiger partial charge is 0.372 e. The van der Waals surface area contributed by atoms with Gasteiger partial charge in [0.2, 0.25) is 0 Å². The van der Waals surface area contributed by atoms with Crippen LogP contribution in [0, 0.1) is 10.1 Å². The highest BCUT2D eigenvalue weighted by atomic mass is 16.6. The van der Waals surface area contributed by atoms with Crippen molar-refractivity contribution in [2.75, 3.05) is 26.0 Å². The van der Waals surface area contributed by atoms with Gasteiger partial charge in [-0.2, -0.15) is 0 Å². The fourth-order valence-corrected chi connectivity index (χ4v) is 1.33. The third-order valence-corrected chi connectivity index (χ3v) is 2.14. The van der Waals surface area contributed by atoms with Gasteiger partial charge in [0.1, 0.15) is 5.69 Å². The monoisotopic (exact) mass is 223 g/mol. The molecule has 0 unspecified atom stereocenters. The summed E-state index contributed by atoms with van der Waals surface area (Å²) in [6, 6.07) is 4.39. The number of anilines is 1. The first kappa shape index (κ1) is 12.0. The molecule has 0 aliphatic carbocycles. The number of carbonyl (C=O) groups is 1. The number of benzene rings is 1. The first-order chi connectivity index (χ1) is 7.47. The molecule has 1 N–H and O–H groups in total. The van der Waals surface area contributed by atoms with Gasteiger partial charge in [-0.25, -0.2) is 0 Å². The Morgan fingerprint density at radius 2 is 2.06 bits per heavy atom. The van der Waals surface area contributed by atoms with Crippen LogP contribution in [0.3, 0.4) is 0 Å². The van der Waals surface area contributed by atoms with E-state index in [0.717, 1.165) is 0 Å². The molecule has 16 heavy (non-hydrogen) atoms. The Kier molecular flexibility index (Phi) is 3.44. The van der Waals surface area contributed by atoms with Crippen molar-refractivity contribution < 1.29 is 9.72 Å². The van der Waals surface area contributed by atoms with Crippen molar-refractivity contribution in [3.05, 3.63) is 33.9 Å². The van der Waals surface area contributed by atoms with Crippen molar-refractivity contribution in [2.45, 2.75) is 0 Å². The van der Waals surface area contributed by atoms with Crippen LogP contribution in [-0.2, 0) is 0 Å². The van der Waals surface area contributed by atoms with E-state index in [2.05, 4.69) is 5.32 Å². The van der Waals surface area contributed by atoms with E-state index in [1.807, 2.05) is 0 Å². The Bertz CT molecular complexity index is 429. The highest BCUT2D eigenvalue weighted by Crippen LogP contribution is 2.27. The minimum Gasteiger partial charge on any atom is -0.372 e. The first-order valence-corrected chi connectivity index (χ1v) is 4.65. The maximum Gasteiger partial charge on any atom is 0.293 e. The molecule has 0 spiro atoms. The van der Waals surface area contributed by atoms with E-state index in [4.69, 9.17) is 0 Å². The average molecular weight is 223 g/mol. The molecular formula is C10H13N3O3. The molecule has 6 nitrogen and oxygen atoms in total. The van der Waals surface area contributed by atoms with Crippen LogP contribution in [-0.4, -0.2) is 32.0 Å². The fraction of sp³-hybridized carbons (Fsp3) is 0.300. The lowest BCUT2D eigenvalue weighted by Crippen LogP contribution is -2.18. The van der Waals surface area contributed by atoms with Gasteiger partial charge in [-0.15, -0.1) is 0 Å². The summed E-state index contributed by atoms with van der Waals surface area (Å²) in [5.41, 5.74) is 0.670. The molecule has 86 valence electrons. The summed E-state index contributed by atoms with van der Waals surface area (Å²) in [5, 5.41) is 13.3. The van der Waals surface area contributed by atoms with Gasteiger partial charge in [-0.3, -0.25) is 14.9 Å². The van der Waals surface area contributed by atoms with Gasteiger partial charge in [0, 0.05) is 32.8 Å². The van der Waals surface area contributed by atoms with Crippen molar-refractivity contribution in [1.82, 2.24) is 5.32 Å². The van der Waals surface area contributed by atoms with Gasteiger partial charge in [-0.05, 0) is 12.1 Å². The molecule has 0 atom stereocenters. The summed E-state index contributed by atoms with van der Waals surface area (Å²) in [6.07, 6.45) is 0. The van der Waals surface area contributed by atoms with E-state index in [0.29, 0.717) is 5.69 Å². The van der Waals surface area contributed by atoms with Crippen LogP contribution >= 0.6 is 0 Å². The number of hydrogen-bond acceptors (Lipinski definition) is 4. The third-order valence-electron chi connectivity index (χ3n) is 2.14. The summed E-state index contributed by atoms with van der Waals surface area (Å²) in [7, 11) is 4.90. The molecule has 0 radical (unpaired) electrons. The van der Waals surface area contributed by atoms with E-state index in [1.165, 1.54) is 13.1 Å². The van der Waals surface area contributed by atoms with Crippen molar-refractivity contribution in [2.24, 2.45) is 0 Å². The summed E-state index contributed by atoms with van der Waals surface area (Å²) < 4.78 is 0. The second kappa shape index (κ2) is 4.61. The number of carbonyl (C=O) groups excluding carboxylic acids is 1. The molecule has 0 aliphatic heterocycles. The van der Waals surface area contributed by atoms with Crippen molar-refractivity contribution in [1.29, 1.82) is 0 Å². The summed E-state index contributed by atoms with van der Waals surface area (Å²) in [5.74, 6) is -0.339. The number of nitro groups is 1. The molecule has 0 saturated heterocycles. The van der Waals surface area contributed by atoms with Crippen LogP contribution in [0.15, 0.2) is 18.2 Å². The lowest BCUT2D eigenvalue weighted by molar-refractivity contribution is -0.384. The third kappa shape index (κ3) is 2.28. The molecule has 1 rings (SSSR count). The number of amides is 1. The molecule has 6 heteroatoms. The maximum atomic E-state index is 11.3. The number of nitro benzene ring substituents is 1. The van der Waals surface area contributed by atoms with E-state index in [1.54, 1.807) is 31.1 Å². The summed E-state index contributed by atoms with van der Waals surface area (Å²) in [4.78, 5) is 23.3. The number of nitrogens with one attached hydrogen (secondary N) is 1. The Labute approximate surface area is 93.0 Å². The minimum absolute atomic E-state index is 0.0777. The Morgan fingerprint density at radius 1 is 1.44 bits per heavy atom. The summed E-state index contributed by atoms with van der Waals surface area (Å²) >= 11 is 0. The zero-order valence-electron chi connectivity index (χ0n) is 9.35. The lowest BCUT2D eigenvalue weighted by Gasteiger charge is -2.13. The molecule has 0 aromatic heterocycles. The Morgan fingerprint density at radius 3 is 2.50 bits per heavy atom. The van der Waals surface area contributed by atoms with Gasteiger partial charge in [-0.1, -0.05) is 0 Å². The molecule has 0 aliphatic rings. The predicted molar refractivity (Wildman–Crippen MR) is 60.8 cm³/mol. The van der Waals surface area contributed by atoms with Crippen molar-refractivity contribution >= 4 is 17.3 Å². The molecule has 0 bridgehead atoms. The standard InChI is InChI=1S/C10H13N3O3/c1-11-10(14)7-4-5-8(12(2)3)9(6-7)13(15)16/h4-6H,1-3H3,(H,11,14). The van der Waals surface area contributed by atoms with Gasteiger partial charge in [0.05, 0.1) is 4.92 Å². The van der Waals surface area contributed by atoms with Crippen molar-refractivity contribution in [3.63, 3.8) is 0 Å². The van der Waals surface area contributed by atoms with Crippen LogP contribution in [0.25, 0.3) is 0 Å². The molecular weight excluding hydrogens is 210 g/mol. The zero-order chi connectivity index (χ0) is 12.3. The average Bonchev–Trinajstić information content (AvgIpc) is 2.26. The molecule has 1 aromatic rings. The Balaban J connectivity index is 3.28. The highest BCUT2D eigenvalue weighted by molar-refractivity contribution is 5.95. The van der Waals surface area contributed by atoms with E-state index in [9.17, 15) is 14.9 Å². The van der Waals surface area contributed by atoms with Crippen LogP contribution in [0.1, 0.15) is 10.4 Å². The number of nitrogens with zero attached hydrogens (tertiary/aromatic N) is 2. The SMILES string of the molecule is CNC(=O)c1ccc(N(C)C)c([N+](=O)[O-])c1. The maximum absolute atomic E-state index is 11.3. The molecule has 0 fully saturated rings. The topological polar surface area (TPSA) is 75.5 Å². The van der Waals surface area contributed by atoms with Crippen LogP contribution in [0.5, 0.6) is 0 Å². The van der Waals surface area contributed by atoms with Crippen LogP contribution in [0.4, 0.5) is 11.4 Å². The first-order valence-electron chi connectivity index (χ1n) is 4.65.